The molecule has 0 atom stereocenters. The first-order valence-electron chi connectivity index (χ1n) is 6.97. The molecule has 0 unspecified atom stereocenters. The molecule has 0 saturated carbocycles. The Morgan fingerprint density at radius 1 is 1.22 bits per heavy atom. The lowest BCUT2D eigenvalue weighted by Gasteiger charge is -2.01. The minimum atomic E-state index is -0.485. The minimum absolute atomic E-state index is 0.0583. The molecule has 8 nitrogen and oxygen atoms in total. The molecule has 23 heavy (non-hydrogen) atoms. The number of imide groups is 1. The van der Waals surface area contributed by atoms with Crippen LogP contribution < -0.4 is 10.1 Å². The van der Waals surface area contributed by atoms with E-state index in [1.807, 2.05) is 13.8 Å². The molecular weight excluding hydrogens is 300 g/mol. The summed E-state index contributed by atoms with van der Waals surface area (Å²) < 4.78 is 10.1. The van der Waals surface area contributed by atoms with Gasteiger partial charge in [0.05, 0.1) is 23.9 Å². The average molecular weight is 314 g/mol. The molecule has 0 spiro atoms. The number of fused-ring (bicyclic) bond motifs is 1. The maximum Gasteiger partial charge on any atom is 0.339 e. The van der Waals surface area contributed by atoms with Gasteiger partial charge in [0, 0.05) is 5.92 Å². The zero-order valence-electron chi connectivity index (χ0n) is 12.8. The number of nitrogens with zero attached hydrogens (tertiary/aromatic N) is 3. The zero-order chi connectivity index (χ0) is 16.6. The Labute approximate surface area is 131 Å². The molecule has 0 radical (unpaired) electrons. The van der Waals surface area contributed by atoms with Crippen molar-refractivity contribution >= 4 is 23.2 Å². The van der Waals surface area contributed by atoms with Gasteiger partial charge in [-0.25, -0.2) is 0 Å². The summed E-state index contributed by atoms with van der Waals surface area (Å²) in [7, 11) is 1.44. The number of rotatable bonds is 4. The van der Waals surface area contributed by atoms with Crippen LogP contribution in [0.25, 0.3) is 0 Å². The summed E-state index contributed by atoms with van der Waals surface area (Å²) in [5.74, 6) is -0.720. The molecule has 0 aliphatic carbocycles. The van der Waals surface area contributed by atoms with Crippen molar-refractivity contribution < 1.29 is 18.8 Å². The van der Waals surface area contributed by atoms with E-state index in [0.717, 1.165) is 0 Å². The van der Waals surface area contributed by atoms with Crippen LogP contribution in [0.5, 0.6) is 5.95 Å². The number of amides is 2. The van der Waals surface area contributed by atoms with Crippen LogP contribution in [0.2, 0.25) is 0 Å². The maximum atomic E-state index is 11.9. The lowest BCUT2D eigenvalue weighted by Crippen LogP contribution is -2.19. The third kappa shape index (κ3) is 2.48. The molecule has 118 valence electrons. The first-order valence-corrected chi connectivity index (χ1v) is 6.97. The van der Waals surface area contributed by atoms with Crippen molar-refractivity contribution in [2.45, 2.75) is 19.8 Å². The first-order chi connectivity index (χ1) is 11.0. The number of carbonyl (C=O) groups excluding carboxylic acids is 2. The van der Waals surface area contributed by atoms with Gasteiger partial charge in [0.1, 0.15) is 5.69 Å². The Bertz CT molecular complexity index is 823. The van der Waals surface area contributed by atoms with Gasteiger partial charge in [-0.15, -0.1) is 10.2 Å². The number of aromatic nitrogens is 1. The monoisotopic (exact) mass is 314 g/mol. The van der Waals surface area contributed by atoms with E-state index in [4.69, 9.17) is 9.26 Å². The molecule has 1 aromatic carbocycles. The summed E-state index contributed by atoms with van der Waals surface area (Å²) in [4.78, 5) is 23.5. The topological polar surface area (TPSA) is 106 Å². The summed E-state index contributed by atoms with van der Waals surface area (Å²) in [6, 6.07) is 4.81. The second-order valence-electron chi connectivity index (χ2n) is 5.25. The fraction of sp³-hybridized carbons (Fsp3) is 0.267. The van der Waals surface area contributed by atoms with Crippen LogP contribution in [0.1, 0.15) is 46.2 Å². The average Bonchev–Trinajstić information content (AvgIpc) is 3.07. The van der Waals surface area contributed by atoms with E-state index in [1.54, 1.807) is 18.2 Å². The van der Waals surface area contributed by atoms with Crippen LogP contribution >= 0.6 is 0 Å². The number of carbonyl (C=O) groups is 2. The Morgan fingerprint density at radius 3 is 2.70 bits per heavy atom. The van der Waals surface area contributed by atoms with Gasteiger partial charge in [0.2, 0.25) is 0 Å². The fourth-order valence-corrected chi connectivity index (χ4v) is 2.27. The normalized spacial score (nSPS) is 13.7. The molecule has 2 aromatic rings. The summed E-state index contributed by atoms with van der Waals surface area (Å²) in [5, 5.41) is 14.4. The summed E-state index contributed by atoms with van der Waals surface area (Å²) in [6.07, 6.45) is 0. The number of nitrogens with one attached hydrogen (secondary N) is 1. The van der Waals surface area contributed by atoms with Crippen molar-refractivity contribution in [1.29, 1.82) is 0 Å². The van der Waals surface area contributed by atoms with Crippen molar-refractivity contribution in [3.63, 3.8) is 0 Å². The van der Waals surface area contributed by atoms with E-state index in [0.29, 0.717) is 17.1 Å². The van der Waals surface area contributed by atoms with E-state index in [1.165, 1.54) is 7.11 Å². The Kier molecular flexibility index (Phi) is 3.65. The maximum absolute atomic E-state index is 11.9. The van der Waals surface area contributed by atoms with Gasteiger partial charge in [-0.05, 0) is 12.1 Å². The lowest BCUT2D eigenvalue weighted by molar-refractivity contribution is 0.0880. The molecule has 1 aliphatic rings. The standard InChI is InChI=1S/C15H14N4O4/c1-7(2)11-12(15(22-3)23-19-11)18-17-9-6-4-5-8-10(9)14(21)16-13(8)20/h4-7H,1-3H3,(H,16,20,21). The highest BCUT2D eigenvalue weighted by molar-refractivity contribution is 6.23. The van der Waals surface area contributed by atoms with Crippen LogP contribution in [0.4, 0.5) is 11.4 Å². The van der Waals surface area contributed by atoms with Crippen LogP contribution in [-0.2, 0) is 0 Å². The molecule has 2 amide bonds. The SMILES string of the molecule is COc1onc(C(C)C)c1N=Nc1cccc2c1C(=O)NC2=O. The molecule has 0 fully saturated rings. The first kappa shape index (κ1) is 14.9. The van der Waals surface area contributed by atoms with E-state index < -0.39 is 11.8 Å². The number of hydrogen-bond donors (Lipinski definition) is 1. The van der Waals surface area contributed by atoms with Crippen LogP contribution in [-0.4, -0.2) is 24.1 Å². The van der Waals surface area contributed by atoms with E-state index in [2.05, 4.69) is 20.7 Å². The van der Waals surface area contributed by atoms with E-state index in [-0.39, 0.29) is 23.0 Å². The van der Waals surface area contributed by atoms with E-state index >= 15 is 0 Å². The molecule has 2 heterocycles. The number of methoxy groups -OCH3 is 1. The summed E-state index contributed by atoms with van der Waals surface area (Å²) >= 11 is 0. The predicted molar refractivity (Wildman–Crippen MR) is 79.6 cm³/mol. The van der Waals surface area contributed by atoms with Crippen molar-refractivity contribution in [3.05, 3.63) is 35.0 Å². The second-order valence-corrected chi connectivity index (χ2v) is 5.25. The predicted octanol–water partition coefficient (Wildman–Crippen LogP) is 3.11. The van der Waals surface area contributed by atoms with Crippen LogP contribution in [0, 0.1) is 0 Å². The molecule has 1 N–H and O–H groups in total. The largest absolute Gasteiger partial charge is 0.465 e. The summed E-state index contributed by atoms with van der Waals surface area (Å²) in [5.41, 5.74) is 1.75. The van der Waals surface area contributed by atoms with Crippen molar-refractivity contribution in [2.75, 3.05) is 7.11 Å². The van der Waals surface area contributed by atoms with Gasteiger partial charge >= 0.3 is 5.95 Å². The highest BCUT2D eigenvalue weighted by Crippen LogP contribution is 2.37. The van der Waals surface area contributed by atoms with Gasteiger partial charge in [-0.1, -0.05) is 25.1 Å². The lowest BCUT2D eigenvalue weighted by atomic mass is 10.1. The van der Waals surface area contributed by atoms with Crippen molar-refractivity contribution in [1.82, 2.24) is 10.5 Å². The molecule has 3 rings (SSSR count). The van der Waals surface area contributed by atoms with Gasteiger partial charge in [-0.2, -0.15) is 0 Å². The smallest absolute Gasteiger partial charge is 0.339 e. The number of ether oxygens (including phenoxy) is 1. The molecule has 1 aromatic heterocycles. The van der Waals surface area contributed by atoms with Gasteiger partial charge in [0.15, 0.2) is 5.69 Å². The molecule has 8 heteroatoms. The van der Waals surface area contributed by atoms with Gasteiger partial charge < -0.3 is 9.26 Å². The van der Waals surface area contributed by atoms with Crippen LogP contribution in [0.15, 0.2) is 33.0 Å². The third-order valence-corrected chi connectivity index (χ3v) is 3.39. The molecule has 0 saturated heterocycles. The van der Waals surface area contributed by atoms with E-state index in [9.17, 15) is 9.59 Å². The van der Waals surface area contributed by atoms with Gasteiger partial charge in [-0.3, -0.25) is 14.9 Å². The zero-order valence-corrected chi connectivity index (χ0v) is 12.8. The molecular formula is C15H14N4O4. The fourth-order valence-electron chi connectivity index (χ4n) is 2.27. The second kappa shape index (κ2) is 5.64. The highest BCUT2D eigenvalue weighted by atomic mass is 16.6. The van der Waals surface area contributed by atoms with Crippen molar-refractivity contribution in [3.8, 4) is 5.95 Å². The van der Waals surface area contributed by atoms with Crippen LogP contribution in [0.3, 0.4) is 0 Å². The Morgan fingerprint density at radius 2 is 2.00 bits per heavy atom. The molecule has 0 bridgehead atoms. The summed E-state index contributed by atoms with van der Waals surface area (Å²) in [6.45, 7) is 3.87. The minimum Gasteiger partial charge on any atom is -0.465 e. The molecule has 1 aliphatic heterocycles. The quantitative estimate of drug-likeness (QED) is 0.689. The number of hydrogen-bond acceptors (Lipinski definition) is 7. The number of benzene rings is 1. The van der Waals surface area contributed by atoms with Gasteiger partial charge in [0.25, 0.3) is 11.8 Å². The third-order valence-electron chi connectivity index (χ3n) is 3.39. The number of azo groups is 1. The Hall–Kier alpha value is -3.03. The van der Waals surface area contributed by atoms with Crippen molar-refractivity contribution in [2.24, 2.45) is 10.2 Å². The Balaban J connectivity index is 2.05. The highest BCUT2D eigenvalue weighted by Gasteiger charge is 2.29.